The van der Waals surface area contributed by atoms with Crippen molar-refractivity contribution in [1.82, 2.24) is 14.7 Å². The highest BCUT2D eigenvalue weighted by atomic mass is 16.5. The molecule has 5 fully saturated rings. The SMILES string of the molecule is CCCN1CCC(N2C[C@@H](c3ccc(OC)cc3)[C@@H]3[C@H]2C2CCN3CC2)CC1. The first kappa shape index (κ1) is 18.9. The Labute approximate surface area is 170 Å². The molecule has 0 aliphatic carbocycles. The van der Waals surface area contributed by atoms with E-state index in [1.807, 2.05) is 0 Å². The number of nitrogens with zero attached hydrogens (tertiary/aromatic N) is 3. The van der Waals surface area contributed by atoms with Gasteiger partial charge in [-0.25, -0.2) is 0 Å². The smallest absolute Gasteiger partial charge is 0.118 e. The Morgan fingerprint density at radius 1 is 0.929 bits per heavy atom. The third-order valence-electron chi connectivity index (χ3n) is 8.14. The molecule has 0 unspecified atom stereocenters. The molecule has 1 aromatic carbocycles. The Hall–Kier alpha value is -1.10. The fourth-order valence-electron chi connectivity index (χ4n) is 6.81. The minimum Gasteiger partial charge on any atom is -0.497 e. The summed E-state index contributed by atoms with van der Waals surface area (Å²) in [5, 5.41) is 0. The van der Waals surface area contributed by atoms with E-state index in [2.05, 4.69) is 45.9 Å². The van der Waals surface area contributed by atoms with Gasteiger partial charge in [-0.2, -0.15) is 0 Å². The molecule has 5 aliphatic heterocycles. The van der Waals surface area contributed by atoms with E-state index in [4.69, 9.17) is 4.74 Å². The van der Waals surface area contributed by atoms with Gasteiger partial charge in [0, 0.05) is 30.6 Å². The van der Waals surface area contributed by atoms with Crippen LogP contribution in [0.2, 0.25) is 0 Å². The minimum atomic E-state index is 0.660. The van der Waals surface area contributed by atoms with Crippen LogP contribution in [0.25, 0.3) is 0 Å². The van der Waals surface area contributed by atoms with Crippen LogP contribution >= 0.6 is 0 Å². The number of hydrogen-bond donors (Lipinski definition) is 0. The van der Waals surface area contributed by atoms with E-state index < -0.39 is 0 Å². The lowest BCUT2D eigenvalue weighted by atomic mass is 9.75. The molecule has 28 heavy (non-hydrogen) atoms. The summed E-state index contributed by atoms with van der Waals surface area (Å²) in [5.41, 5.74) is 1.52. The molecule has 6 rings (SSSR count). The summed E-state index contributed by atoms with van der Waals surface area (Å²) in [6, 6.07) is 11.3. The predicted molar refractivity (Wildman–Crippen MR) is 114 cm³/mol. The molecule has 2 bridgehead atoms. The molecule has 5 heterocycles. The Bertz CT molecular complexity index is 646. The van der Waals surface area contributed by atoms with Crippen LogP contribution in [0.15, 0.2) is 24.3 Å². The molecule has 0 N–H and O–H groups in total. The zero-order valence-electron chi connectivity index (χ0n) is 17.7. The van der Waals surface area contributed by atoms with Crippen LogP contribution in [-0.4, -0.2) is 79.2 Å². The summed E-state index contributed by atoms with van der Waals surface area (Å²) in [4.78, 5) is 8.51. The lowest BCUT2D eigenvalue weighted by molar-refractivity contribution is -0.0271. The fraction of sp³-hybridized carbons (Fsp3) is 0.750. The number of hydrogen-bond acceptors (Lipinski definition) is 4. The highest BCUT2D eigenvalue weighted by Crippen LogP contribution is 2.48. The average Bonchev–Trinajstić information content (AvgIpc) is 3.18. The second-order valence-corrected chi connectivity index (χ2v) is 9.50. The lowest BCUT2D eigenvalue weighted by Crippen LogP contribution is -2.61. The van der Waals surface area contributed by atoms with E-state index in [0.717, 1.165) is 29.8 Å². The zero-order chi connectivity index (χ0) is 19.1. The monoisotopic (exact) mass is 383 g/mol. The lowest BCUT2D eigenvalue weighted by Gasteiger charge is -2.53. The van der Waals surface area contributed by atoms with Gasteiger partial charge in [-0.3, -0.25) is 9.80 Å². The van der Waals surface area contributed by atoms with Gasteiger partial charge in [-0.1, -0.05) is 19.1 Å². The second-order valence-electron chi connectivity index (χ2n) is 9.50. The van der Waals surface area contributed by atoms with Crippen molar-refractivity contribution in [3.8, 4) is 5.75 Å². The van der Waals surface area contributed by atoms with Crippen molar-refractivity contribution in [3.63, 3.8) is 0 Å². The number of benzene rings is 1. The Balaban J connectivity index is 1.38. The van der Waals surface area contributed by atoms with E-state index in [-0.39, 0.29) is 0 Å². The number of methoxy groups -OCH3 is 1. The van der Waals surface area contributed by atoms with Crippen LogP contribution in [0.5, 0.6) is 5.75 Å². The van der Waals surface area contributed by atoms with E-state index in [9.17, 15) is 0 Å². The topological polar surface area (TPSA) is 19.0 Å². The van der Waals surface area contributed by atoms with Gasteiger partial charge in [0.05, 0.1) is 7.11 Å². The maximum Gasteiger partial charge on any atom is 0.118 e. The van der Waals surface area contributed by atoms with Crippen LogP contribution in [0.3, 0.4) is 0 Å². The highest BCUT2D eigenvalue weighted by molar-refractivity contribution is 5.33. The van der Waals surface area contributed by atoms with Gasteiger partial charge in [0.1, 0.15) is 5.75 Å². The Morgan fingerprint density at radius 3 is 2.29 bits per heavy atom. The maximum absolute atomic E-state index is 5.41. The molecule has 0 spiro atoms. The van der Waals surface area contributed by atoms with Gasteiger partial charge in [0.25, 0.3) is 0 Å². The van der Waals surface area contributed by atoms with E-state index in [1.165, 1.54) is 76.9 Å². The van der Waals surface area contributed by atoms with E-state index in [0.29, 0.717) is 5.92 Å². The summed E-state index contributed by atoms with van der Waals surface area (Å²) in [7, 11) is 1.76. The zero-order valence-corrected chi connectivity index (χ0v) is 17.7. The van der Waals surface area contributed by atoms with Crippen molar-refractivity contribution < 1.29 is 4.74 Å². The van der Waals surface area contributed by atoms with Crippen molar-refractivity contribution in [3.05, 3.63) is 29.8 Å². The minimum absolute atomic E-state index is 0.660. The maximum atomic E-state index is 5.41. The van der Waals surface area contributed by atoms with Crippen LogP contribution in [0, 0.1) is 5.92 Å². The van der Waals surface area contributed by atoms with Gasteiger partial charge in [0.15, 0.2) is 0 Å². The highest BCUT2D eigenvalue weighted by Gasteiger charge is 2.54. The van der Waals surface area contributed by atoms with E-state index in [1.54, 1.807) is 7.11 Å². The van der Waals surface area contributed by atoms with Gasteiger partial charge >= 0.3 is 0 Å². The number of fused-ring (bicyclic) bond motifs is 2. The Kier molecular flexibility index (Phi) is 5.38. The predicted octanol–water partition coefficient (Wildman–Crippen LogP) is 3.43. The van der Waals surface area contributed by atoms with E-state index >= 15 is 0 Å². The first-order valence-electron chi connectivity index (χ1n) is 11.6. The molecule has 0 saturated carbocycles. The van der Waals surface area contributed by atoms with Crippen LogP contribution < -0.4 is 4.74 Å². The fourth-order valence-corrected chi connectivity index (χ4v) is 6.81. The molecule has 4 heteroatoms. The molecular weight excluding hydrogens is 346 g/mol. The van der Waals surface area contributed by atoms with Gasteiger partial charge in [-0.15, -0.1) is 0 Å². The standard InChI is InChI=1S/C24H37N3O/c1-3-12-25-13-10-20(11-14-25)27-17-22(18-4-6-21(28-2)7-5-18)24-23(27)19-8-15-26(24)16-9-19/h4-7,19-20,22-24H,3,8-17H2,1-2H3/t22-,23+,24+/m0/s1. The van der Waals surface area contributed by atoms with Crippen LogP contribution in [-0.2, 0) is 0 Å². The summed E-state index contributed by atoms with van der Waals surface area (Å²) in [5.74, 6) is 2.56. The number of piperidine rings is 4. The molecule has 3 atom stereocenters. The molecule has 0 amide bonds. The van der Waals surface area contributed by atoms with Crippen molar-refractivity contribution >= 4 is 0 Å². The summed E-state index contributed by atoms with van der Waals surface area (Å²) < 4.78 is 5.41. The Morgan fingerprint density at radius 2 is 1.64 bits per heavy atom. The summed E-state index contributed by atoms with van der Waals surface area (Å²) in [6.45, 7) is 10.1. The largest absolute Gasteiger partial charge is 0.497 e. The van der Waals surface area contributed by atoms with Crippen molar-refractivity contribution in [1.29, 1.82) is 0 Å². The third-order valence-corrected chi connectivity index (χ3v) is 8.14. The van der Waals surface area contributed by atoms with Gasteiger partial charge < -0.3 is 9.64 Å². The van der Waals surface area contributed by atoms with Crippen molar-refractivity contribution in [2.24, 2.45) is 5.92 Å². The van der Waals surface area contributed by atoms with Crippen LogP contribution in [0.1, 0.15) is 50.5 Å². The van der Waals surface area contributed by atoms with Gasteiger partial charge in [0.2, 0.25) is 0 Å². The number of rotatable bonds is 5. The molecule has 0 aromatic heterocycles. The van der Waals surface area contributed by atoms with Crippen LogP contribution in [0.4, 0.5) is 0 Å². The average molecular weight is 384 g/mol. The molecule has 4 nitrogen and oxygen atoms in total. The third kappa shape index (κ3) is 3.28. The molecule has 5 saturated heterocycles. The quantitative estimate of drug-likeness (QED) is 0.775. The first-order valence-corrected chi connectivity index (χ1v) is 11.6. The molecule has 154 valence electrons. The molecule has 0 radical (unpaired) electrons. The summed E-state index contributed by atoms with van der Waals surface area (Å²) >= 11 is 0. The van der Waals surface area contributed by atoms with Crippen molar-refractivity contribution in [2.45, 2.75) is 63.1 Å². The molecule has 5 aliphatic rings. The van der Waals surface area contributed by atoms with Crippen molar-refractivity contribution in [2.75, 3.05) is 46.4 Å². The second kappa shape index (κ2) is 7.97. The number of likely N-dealkylation sites (tertiary alicyclic amines) is 2. The van der Waals surface area contributed by atoms with Gasteiger partial charge in [-0.05, 0) is 88.4 Å². The normalized spacial score (nSPS) is 36.6. The summed E-state index contributed by atoms with van der Waals surface area (Å²) in [6.07, 6.45) is 6.86. The first-order chi connectivity index (χ1) is 13.8. The molecular formula is C24H37N3O. The molecule has 1 aromatic rings. The number of ether oxygens (including phenoxy) is 1.